The summed E-state index contributed by atoms with van der Waals surface area (Å²) < 4.78 is 38.3. The number of carbonyl (C=O) groups excluding carboxylic acids is 1. The molecular weight excluding hydrogens is 271 g/mol. The van der Waals surface area contributed by atoms with Crippen LogP contribution >= 0.6 is 0 Å². The standard InChI is InChI=1S/C13H16F3N3O/c1-8-17-11(6-12(18-8)13(14,15)16)10-4-3-5-19(7-10)9(2)20/h6,10H,3-5,7H2,1-2H3. The lowest BCUT2D eigenvalue weighted by atomic mass is 9.94. The van der Waals surface area contributed by atoms with Gasteiger partial charge in [-0.3, -0.25) is 4.79 Å². The smallest absolute Gasteiger partial charge is 0.342 e. The first kappa shape index (κ1) is 14.7. The van der Waals surface area contributed by atoms with Gasteiger partial charge < -0.3 is 4.90 Å². The highest BCUT2D eigenvalue weighted by atomic mass is 19.4. The van der Waals surface area contributed by atoms with Crippen LogP contribution in [0, 0.1) is 6.92 Å². The van der Waals surface area contributed by atoms with Crippen LogP contribution < -0.4 is 0 Å². The van der Waals surface area contributed by atoms with Gasteiger partial charge in [0.1, 0.15) is 11.5 Å². The fraction of sp³-hybridized carbons (Fsp3) is 0.615. The molecule has 0 radical (unpaired) electrons. The van der Waals surface area contributed by atoms with Crippen LogP contribution in [0.2, 0.25) is 0 Å². The van der Waals surface area contributed by atoms with Gasteiger partial charge in [0.05, 0.1) is 0 Å². The summed E-state index contributed by atoms with van der Waals surface area (Å²) in [6.07, 6.45) is -2.97. The van der Waals surface area contributed by atoms with Crippen LogP contribution in [-0.4, -0.2) is 33.9 Å². The van der Waals surface area contributed by atoms with Gasteiger partial charge in [-0.1, -0.05) is 0 Å². The van der Waals surface area contributed by atoms with Crippen molar-refractivity contribution in [3.8, 4) is 0 Å². The van der Waals surface area contributed by atoms with E-state index in [9.17, 15) is 18.0 Å². The van der Waals surface area contributed by atoms with Crippen molar-refractivity contribution in [1.29, 1.82) is 0 Å². The molecule has 0 aliphatic carbocycles. The first-order chi connectivity index (χ1) is 9.27. The Kier molecular flexibility index (Phi) is 3.96. The van der Waals surface area contributed by atoms with Crippen molar-refractivity contribution >= 4 is 5.91 Å². The SMILES string of the molecule is CC(=O)N1CCCC(c2cc(C(F)(F)F)nc(C)n2)C1. The number of piperidine rings is 1. The Bertz CT molecular complexity index is 516. The minimum absolute atomic E-state index is 0.0588. The van der Waals surface area contributed by atoms with Crippen LogP contribution in [0.1, 0.15) is 42.9 Å². The molecule has 110 valence electrons. The number of likely N-dealkylation sites (tertiary alicyclic amines) is 1. The number of nitrogens with zero attached hydrogens (tertiary/aromatic N) is 3. The molecule has 1 fully saturated rings. The Morgan fingerprint density at radius 2 is 2.10 bits per heavy atom. The second-order valence-corrected chi connectivity index (χ2v) is 5.03. The van der Waals surface area contributed by atoms with E-state index in [1.54, 1.807) is 4.90 Å². The Hall–Kier alpha value is -1.66. The average molecular weight is 287 g/mol. The second-order valence-electron chi connectivity index (χ2n) is 5.03. The third-order valence-electron chi connectivity index (χ3n) is 3.43. The third-order valence-corrected chi connectivity index (χ3v) is 3.43. The zero-order chi connectivity index (χ0) is 14.9. The number of hydrogen-bond acceptors (Lipinski definition) is 3. The van der Waals surface area contributed by atoms with Gasteiger partial charge in [0.2, 0.25) is 5.91 Å². The molecule has 1 aliphatic rings. The van der Waals surface area contributed by atoms with E-state index in [1.807, 2.05) is 0 Å². The molecule has 1 aliphatic heterocycles. The van der Waals surface area contributed by atoms with Crippen LogP contribution in [0.4, 0.5) is 13.2 Å². The molecule has 1 unspecified atom stereocenters. The second kappa shape index (κ2) is 5.38. The van der Waals surface area contributed by atoms with Crippen LogP contribution in [0.5, 0.6) is 0 Å². The normalized spacial score (nSPS) is 20.1. The molecule has 0 bridgehead atoms. The first-order valence-corrected chi connectivity index (χ1v) is 6.45. The average Bonchev–Trinajstić information content (AvgIpc) is 2.37. The molecule has 0 N–H and O–H groups in total. The Morgan fingerprint density at radius 1 is 1.40 bits per heavy atom. The van der Waals surface area contributed by atoms with Gasteiger partial charge in [0.25, 0.3) is 0 Å². The van der Waals surface area contributed by atoms with Crippen molar-refractivity contribution in [3.05, 3.63) is 23.3 Å². The number of aromatic nitrogens is 2. The van der Waals surface area contributed by atoms with E-state index in [0.717, 1.165) is 18.9 Å². The molecule has 1 atom stereocenters. The fourth-order valence-corrected chi connectivity index (χ4v) is 2.45. The van der Waals surface area contributed by atoms with Gasteiger partial charge in [0, 0.05) is 31.6 Å². The summed E-state index contributed by atoms with van der Waals surface area (Å²) in [5.41, 5.74) is -0.546. The number of aryl methyl sites for hydroxylation is 1. The van der Waals surface area contributed by atoms with Crippen LogP contribution in [0.15, 0.2) is 6.07 Å². The lowest BCUT2D eigenvalue weighted by Gasteiger charge is -2.32. The first-order valence-electron chi connectivity index (χ1n) is 6.45. The number of alkyl halides is 3. The lowest BCUT2D eigenvalue weighted by Crippen LogP contribution is -2.38. The highest BCUT2D eigenvalue weighted by molar-refractivity contribution is 5.73. The van der Waals surface area contributed by atoms with E-state index in [-0.39, 0.29) is 17.6 Å². The van der Waals surface area contributed by atoms with Gasteiger partial charge in [-0.2, -0.15) is 13.2 Å². The van der Waals surface area contributed by atoms with E-state index < -0.39 is 11.9 Å². The topological polar surface area (TPSA) is 46.1 Å². The minimum Gasteiger partial charge on any atom is -0.342 e. The monoisotopic (exact) mass is 287 g/mol. The molecule has 1 aromatic rings. The molecule has 20 heavy (non-hydrogen) atoms. The fourth-order valence-electron chi connectivity index (χ4n) is 2.45. The Balaban J connectivity index is 2.28. The highest BCUT2D eigenvalue weighted by Gasteiger charge is 2.34. The number of halogens is 3. The van der Waals surface area contributed by atoms with Gasteiger partial charge in [-0.25, -0.2) is 9.97 Å². The molecule has 4 nitrogen and oxygen atoms in total. The van der Waals surface area contributed by atoms with E-state index in [2.05, 4.69) is 9.97 Å². The van der Waals surface area contributed by atoms with Crippen molar-refractivity contribution < 1.29 is 18.0 Å². The largest absolute Gasteiger partial charge is 0.433 e. The number of amides is 1. The van der Waals surface area contributed by atoms with Gasteiger partial charge in [0.15, 0.2) is 0 Å². The molecule has 0 aromatic carbocycles. The van der Waals surface area contributed by atoms with E-state index in [0.29, 0.717) is 18.8 Å². The zero-order valence-electron chi connectivity index (χ0n) is 11.4. The summed E-state index contributed by atoms with van der Waals surface area (Å²) >= 11 is 0. The van der Waals surface area contributed by atoms with Crippen molar-refractivity contribution in [2.75, 3.05) is 13.1 Å². The predicted molar refractivity (Wildman–Crippen MR) is 66.0 cm³/mol. The summed E-state index contributed by atoms with van der Waals surface area (Å²) in [7, 11) is 0. The third kappa shape index (κ3) is 3.26. The molecule has 1 aromatic heterocycles. The van der Waals surface area contributed by atoms with Crippen LogP contribution in [0.3, 0.4) is 0 Å². The molecule has 0 spiro atoms. The number of hydrogen-bond donors (Lipinski definition) is 0. The zero-order valence-corrected chi connectivity index (χ0v) is 11.4. The minimum atomic E-state index is -4.47. The molecule has 2 rings (SSSR count). The molecule has 1 amide bonds. The maximum atomic E-state index is 12.8. The van der Waals surface area contributed by atoms with E-state index >= 15 is 0 Å². The van der Waals surface area contributed by atoms with Gasteiger partial charge >= 0.3 is 6.18 Å². The molecule has 1 saturated heterocycles. The summed E-state index contributed by atoms with van der Waals surface area (Å²) in [4.78, 5) is 20.6. The Labute approximate surface area is 115 Å². The van der Waals surface area contributed by atoms with Gasteiger partial charge in [-0.15, -0.1) is 0 Å². The van der Waals surface area contributed by atoms with E-state index in [4.69, 9.17) is 0 Å². The van der Waals surface area contributed by atoms with E-state index in [1.165, 1.54) is 13.8 Å². The lowest BCUT2D eigenvalue weighted by molar-refractivity contribution is -0.141. The van der Waals surface area contributed by atoms with Crippen molar-refractivity contribution in [1.82, 2.24) is 14.9 Å². The maximum absolute atomic E-state index is 12.8. The maximum Gasteiger partial charge on any atom is 0.433 e. The quantitative estimate of drug-likeness (QED) is 0.797. The predicted octanol–water partition coefficient (Wildman–Crippen LogP) is 2.53. The van der Waals surface area contributed by atoms with Crippen molar-refractivity contribution in [2.24, 2.45) is 0 Å². The van der Waals surface area contributed by atoms with Crippen molar-refractivity contribution in [2.45, 2.75) is 38.8 Å². The van der Waals surface area contributed by atoms with Crippen LogP contribution in [0.25, 0.3) is 0 Å². The summed E-state index contributed by atoms with van der Waals surface area (Å²) in [6.45, 7) is 3.99. The Morgan fingerprint density at radius 3 is 2.70 bits per heavy atom. The van der Waals surface area contributed by atoms with Crippen LogP contribution in [-0.2, 0) is 11.0 Å². The highest BCUT2D eigenvalue weighted by Crippen LogP contribution is 2.31. The summed E-state index contributed by atoms with van der Waals surface area (Å²) in [6, 6.07) is 1.00. The molecule has 7 heteroatoms. The molecule has 2 heterocycles. The molecular formula is C13H16F3N3O. The molecule has 0 saturated carbocycles. The van der Waals surface area contributed by atoms with Crippen molar-refractivity contribution in [3.63, 3.8) is 0 Å². The summed E-state index contributed by atoms with van der Waals surface area (Å²) in [5.74, 6) is -0.109. The number of carbonyl (C=O) groups is 1. The summed E-state index contributed by atoms with van der Waals surface area (Å²) in [5, 5.41) is 0. The van der Waals surface area contributed by atoms with Gasteiger partial charge in [-0.05, 0) is 25.8 Å². The number of rotatable bonds is 1.